The first-order valence-electron chi connectivity index (χ1n) is 8.29. The highest BCUT2D eigenvalue weighted by Gasteiger charge is 2.24. The summed E-state index contributed by atoms with van der Waals surface area (Å²) in [6.07, 6.45) is 0. The first-order chi connectivity index (χ1) is 11.0. The van der Waals surface area contributed by atoms with Crippen LogP contribution in [0.15, 0.2) is 41.8 Å². The lowest BCUT2D eigenvalue weighted by Gasteiger charge is -2.23. The highest BCUT2D eigenvalue weighted by molar-refractivity contribution is 7.09. The van der Waals surface area contributed by atoms with E-state index in [2.05, 4.69) is 55.7 Å². The van der Waals surface area contributed by atoms with Crippen LogP contribution in [0.5, 0.6) is 0 Å². The van der Waals surface area contributed by atoms with E-state index in [-0.39, 0.29) is 11.9 Å². The van der Waals surface area contributed by atoms with Crippen LogP contribution in [0.25, 0.3) is 0 Å². The van der Waals surface area contributed by atoms with Gasteiger partial charge in [0.05, 0.1) is 11.4 Å². The SMILES string of the molecule is CC[NH+](Cc1cccs1)[C@@H](C)C(=O)Nc1ccc(C(C)C)cc1. The van der Waals surface area contributed by atoms with E-state index >= 15 is 0 Å². The highest BCUT2D eigenvalue weighted by Crippen LogP contribution is 2.17. The molecule has 1 aromatic heterocycles. The molecular formula is C19H27N2OS+. The fourth-order valence-corrected chi connectivity index (χ4v) is 3.37. The highest BCUT2D eigenvalue weighted by atomic mass is 32.1. The Morgan fingerprint density at radius 1 is 1.17 bits per heavy atom. The zero-order valence-electron chi connectivity index (χ0n) is 14.4. The van der Waals surface area contributed by atoms with Gasteiger partial charge < -0.3 is 10.2 Å². The van der Waals surface area contributed by atoms with E-state index in [1.165, 1.54) is 15.3 Å². The molecule has 0 radical (unpaired) electrons. The predicted octanol–water partition coefficient (Wildman–Crippen LogP) is 3.30. The average molecular weight is 332 g/mol. The maximum Gasteiger partial charge on any atom is 0.282 e. The van der Waals surface area contributed by atoms with Crippen LogP contribution in [0.3, 0.4) is 0 Å². The van der Waals surface area contributed by atoms with Gasteiger partial charge in [-0.1, -0.05) is 32.0 Å². The Morgan fingerprint density at radius 3 is 2.39 bits per heavy atom. The number of anilines is 1. The zero-order chi connectivity index (χ0) is 16.8. The normalized spacial score (nSPS) is 13.8. The number of nitrogens with one attached hydrogen (secondary N) is 2. The fraction of sp³-hybridized carbons (Fsp3) is 0.421. The summed E-state index contributed by atoms with van der Waals surface area (Å²) in [5.41, 5.74) is 2.16. The van der Waals surface area contributed by atoms with Crippen molar-refractivity contribution in [3.8, 4) is 0 Å². The molecule has 2 rings (SSSR count). The topological polar surface area (TPSA) is 33.5 Å². The second-order valence-electron chi connectivity index (χ2n) is 6.26. The first-order valence-corrected chi connectivity index (χ1v) is 9.17. The van der Waals surface area contributed by atoms with Gasteiger partial charge in [0.15, 0.2) is 6.04 Å². The molecule has 2 atom stereocenters. The van der Waals surface area contributed by atoms with Crippen molar-refractivity contribution in [2.24, 2.45) is 0 Å². The first kappa shape index (κ1) is 17.7. The summed E-state index contributed by atoms with van der Waals surface area (Å²) in [7, 11) is 0. The van der Waals surface area contributed by atoms with Gasteiger partial charge in [0.25, 0.3) is 5.91 Å². The Labute approximate surface area is 143 Å². The lowest BCUT2D eigenvalue weighted by atomic mass is 10.0. The molecule has 0 aliphatic carbocycles. The molecule has 0 saturated carbocycles. The van der Waals surface area contributed by atoms with Crippen molar-refractivity contribution in [1.82, 2.24) is 0 Å². The van der Waals surface area contributed by atoms with Crippen LogP contribution in [0.1, 0.15) is 44.1 Å². The number of rotatable bonds is 7. The second kappa shape index (κ2) is 8.27. The van der Waals surface area contributed by atoms with E-state index in [1.807, 2.05) is 19.1 Å². The van der Waals surface area contributed by atoms with Crippen LogP contribution in [0.4, 0.5) is 5.69 Å². The monoisotopic (exact) mass is 331 g/mol. The smallest absolute Gasteiger partial charge is 0.282 e. The fourth-order valence-electron chi connectivity index (χ4n) is 2.61. The van der Waals surface area contributed by atoms with Crippen molar-refractivity contribution >= 4 is 22.9 Å². The van der Waals surface area contributed by atoms with Gasteiger partial charge in [0, 0.05) is 5.69 Å². The molecule has 2 aromatic rings. The molecule has 4 heteroatoms. The van der Waals surface area contributed by atoms with Crippen LogP contribution in [-0.2, 0) is 11.3 Å². The summed E-state index contributed by atoms with van der Waals surface area (Å²) in [5.74, 6) is 0.584. The zero-order valence-corrected chi connectivity index (χ0v) is 15.2. The van der Waals surface area contributed by atoms with Crippen LogP contribution < -0.4 is 10.2 Å². The Balaban J connectivity index is 1.97. The Bertz CT molecular complexity index is 605. The van der Waals surface area contributed by atoms with Gasteiger partial charge in [0.2, 0.25) is 0 Å². The Morgan fingerprint density at radius 2 is 1.87 bits per heavy atom. The quantitative estimate of drug-likeness (QED) is 0.802. The van der Waals surface area contributed by atoms with Crippen molar-refractivity contribution in [3.05, 3.63) is 52.2 Å². The molecule has 124 valence electrons. The Hall–Kier alpha value is -1.65. The number of carbonyl (C=O) groups excluding carboxylic acids is 1. The molecule has 0 aliphatic rings. The summed E-state index contributed by atoms with van der Waals surface area (Å²) in [6, 6.07) is 12.3. The third kappa shape index (κ3) is 4.91. The van der Waals surface area contributed by atoms with Crippen molar-refractivity contribution < 1.29 is 9.69 Å². The third-order valence-corrected chi connectivity index (χ3v) is 5.16. The molecule has 0 saturated heterocycles. The molecule has 2 N–H and O–H groups in total. The minimum absolute atomic E-state index is 0.0770. The molecule has 1 amide bonds. The van der Waals surface area contributed by atoms with Crippen LogP contribution >= 0.6 is 11.3 Å². The number of amides is 1. The number of quaternary nitrogens is 1. The van der Waals surface area contributed by atoms with Gasteiger partial charge in [0.1, 0.15) is 6.54 Å². The number of hydrogen-bond donors (Lipinski definition) is 2. The maximum absolute atomic E-state index is 12.5. The van der Waals surface area contributed by atoms with Gasteiger partial charge in [-0.3, -0.25) is 4.79 Å². The lowest BCUT2D eigenvalue weighted by molar-refractivity contribution is -0.925. The van der Waals surface area contributed by atoms with Crippen molar-refractivity contribution in [2.75, 3.05) is 11.9 Å². The molecule has 1 heterocycles. The minimum atomic E-state index is -0.0770. The average Bonchev–Trinajstić information content (AvgIpc) is 3.05. The van der Waals surface area contributed by atoms with E-state index in [4.69, 9.17) is 0 Å². The minimum Gasteiger partial charge on any atom is -0.321 e. The van der Waals surface area contributed by atoms with E-state index in [0.29, 0.717) is 5.92 Å². The number of carbonyl (C=O) groups is 1. The summed E-state index contributed by atoms with van der Waals surface area (Å²) < 4.78 is 0. The van der Waals surface area contributed by atoms with Gasteiger partial charge in [-0.2, -0.15) is 0 Å². The molecule has 0 aliphatic heterocycles. The van der Waals surface area contributed by atoms with Crippen molar-refractivity contribution in [1.29, 1.82) is 0 Å². The molecule has 0 fully saturated rings. The number of hydrogen-bond acceptors (Lipinski definition) is 2. The van der Waals surface area contributed by atoms with E-state index in [0.717, 1.165) is 18.8 Å². The van der Waals surface area contributed by atoms with Gasteiger partial charge in [-0.05, 0) is 48.9 Å². The molecule has 3 nitrogen and oxygen atoms in total. The summed E-state index contributed by atoms with van der Waals surface area (Å²) in [6.45, 7) is 10.3. The summed E-state index contributed by atoms with van der Waals surface area (Å²) >= 11 is 1.75. The second-order valence-corrected chi connectivity index (χ2v) is 7.29. The molecule has 1 aromatic carbocycles. The number of benzene rings is 1. The molecule has 23 heavy (non-hydrogen) atoms. The third-order valence-electron chi connectivity index (χ3n) is 4.29. The van der Waals surface area contributed by atoms with E-state index in [9.17, 15) is 4.79 Å². The molecule has 1 unspecified atom stereocenters. The van der Waals surface area contributed by atoms with Gasteiger partial charge >= 0.3 is 0 Å². The number of likely N-dealkylation sites (N-methyl/N-ethyl adjacent to an activating group) is 1. The van der Waals surface area contributed by atoms with Crippen LogP contribution in [-0.4, -0.2) is 18.5 Å². The lowest BCUT2D eigenvalue weighted by Crippen LogP contribution is -3.15. The molecular weight excluding hydrogens is 304 g/mol. The van der Waals surface area contributed by atoms with Gasteiger partial charge in [-0.15, -0.1) is 11.3 Å². The largest absolute Gasteiger partial charge is 0.321 e. The standard InChI is InChI=1S/C19H26N2OS/c1-5-21(13-18-7-6-12-23-18)15(4)19(22)20-17-10-8-16(9-11-17)14(2)3/h6-12,14-15H,5,13H2,1-4H3,(H,20,22)/p+1/t15-/m0/s1. The Kier molecular flexibility index (Phi) is 6.37. The number of thiophene rings is 1. The predicted molar refractivity (Wildman–Crippen MR) is 98.1 cm³/mol. The van der Waals surface area contributed by atoms with Crippen molar-refractivity contribution in [3.63, 3.8) is 0 Å². The van der Waals surface area contributed by atoms with Crippen LogP contribution in [0, 0.1) is 0 Å². The van der Waals surface area contributed by atoms with Gasteiger partial charge in [-0.25, -0.2) is 0 Å². The van der Waals surface area contributed by atoms with E-state index < -0.39 is 0 Å². The summed E-state index contributed by atoms with van der Waals surface area (Å²) in [5, 5.41) is 5.13. The maximum atomic E-state index is 12.5. The summed E-state index contributed by atoms with van der Waals surface area (Å²) in [4.78, 5) is 15.1. The van der Waals surface area contributed by atoms with Crippen molar-refractivity contribution in [2.45, 2.75) is 46.2 Å². The van der Waals surface area contributed by atoms with E-state index in [1.54, 1.807) is 11.3 Å². The molecule has 0 spiro atoms. The molecule has 0 bridgehead atoms. The van der Waals surface area contributed by atoms with Crippen LogP contribution in [0.2, 0.25) is 0 Å².